The van der Waals surface area contributed by atoms with Crippen LogP contribution in [0.3, 0.4) is 0 Å². The Bertz CT molecular complexity index is 385. The van der Waals surface area contributed by atoms with E-state index in [9.17, 15) is 0 Å². The molecule has 0 radical (unpaired) electrons. The molecule has 2 atom stereocenters. The molecule has 5 nitrogen and oxygen atoms in total. The lowest BCUT2D eigenvalue weighted by Gasteiger charge is -2.22. The summed E-state index contributed by atoms with van der Waals surface area (Å²) in [6.45, 7) is 4.20. The zero-order valence-electron chi connectivity index (χ0n) is 11.7. The Kier molecular flexibility index (Phi) is 4.02. The second-order valence-corrected chi connectivity index (χ2v) is 5.23. The van der Waals surface area contributed by atoms with E-state index in [-0.39, 0.29) is 11.5 Å². The quantitative estimate of drug-likeness (QED) is 0.871. The van der Waals surface area contributed by atoms with Gasteiger partial charge in [-0.25, -0.2) is 0 Å². The van der Waals surface area contributed by atoms with Gasteiger partial charge in [0.2, 0.25) is 11.7 Å². The lowest BCUT2D eigenvalue weighted by Crippen LogP contribution is -2.28. The normalized spacial score (nSPS) is 22.0. The number of hydrogen-bond donors (Lipinski definition) is 1. The highest BCUT2D eigenvalue weighted by atomic mass is 16.5. The second-order valence-electron chi connectivity index (χ2n) is 5.23. The molecule has 2 unspecified atom stereocenters. The van der Waals surface area contributed by atoms with Crippen molar-refractivity contribution in [3.63, 3.8) is 0 Å². The summed E-state index contributed by atoms with van der Waals surface area (Å²) in [7, 11) is 3.67. The molecule has 0 aliphatic heterocycles. The van der Waals surface area contributed by atoms with E-state index in [1.54, 1.807) is 7.11 Å². The summed E-state index contributed by atoms with van der Waals surface area (Å²) in [5.74, 6) is 1.61. The molecule has 0 bridgehead atoms. The van der Waals surface area contributed by atoms with Crippen molar-refractivity contribution in [1.29, 1.82) is 0 Å². The second kappa shape index (κ2) is 5.36. The van der Waals surface area contributed by atoms with Crippen LogP contribution >= 0.6 is 0 Å². The monoisotopic (exact) mass is 253 g/mol. The summed E-state index contributed by atoms with van der Waals surface area (Å²) in [5.41, 5.74) is -0.315. The molecule has 0 saturated heterocycles. The van der Waals surface area contributed by atoms with Gasteiger partial charge in [0.05, 0.1) is 5.92 Å². The summed E-state index contributed by atoms with van der Waals surface area (Å²) in [5, 5.41) is 7.35. The van der Waals surface area contributed by atoms with Crippen molar-refractivity contribution in [2.75, 3.05) is 14.2 Å². The summed E-state index contributed by atoms with van der Waals surface area (Å²) in [6.07, 6.45) is 4.30. The summed E-state index contributed by atoms with van der Waals surface area (Å²) < 4.78 is 11.1. The Morgan fingerprint density at radius 1 is 1.33 bits per heavy atom. The standard InChI is InChI=1S/C13H23N3O2/c1-9(10(2)14-3)11-15-12(16-18-11)13(17-4)7-5-6-8-13/h9-10,14H,5-8H2,1-4H3. The van der Waals surface area contributed by atoms with Gasteiger partial charge in [-0.1, -0.05) is 12.1 Å². The SMILES string of the molecule is CNC(C)C(C)c1nc(C2(OC)CCCC2)no1. The minimum atomic E-state index is -0.315. The number of hydrogen-bond acceptors (Lipinski definition) is 5. The third-order valence-corrected chi connectivity index (χ3v) is 4.25. The van der Waals surface area contributed by atoms with Gasteiger partial charge >= 0.3 is 0 Å². The zero-order valence-corrected chi connectivity index (χ0v) is 11.7. The highest BCUT2D eigenvalue weighted by Gasteiger charge is 2.40. The molecule has 5 heteroatoms. The number of likely N-dealkylation sites (N-methyl/N-ethyl adjacent to an activating group) is 1. The molecule has 1 heterocycles. The van der Waals surface area contributed by atoms with Gasteiger partial charge in [0, 0.05) is 13.2 Å². The smallest absolute Gasteiger partial charge is 0.231 e. The van der Waals surface area contributed by atoms with Crippen LogP contribution in [0.4, 0.5) is 0 Å². The van der Waals surface area contributed by atoms with E-state index in [1.165, 1.54) is 12.8 Å². The van der Waals surface area contributed by atoms with Crippen LogP contribution in [0.1, 0.15) is 57.2 Å². The first-order chi connectivity index (χ1) is 8.63. The molecule has 2 rings (SSSR count). The van der Waals surface area contributed by atoms with E-state index in [1.807, 2.05) is 7.05 Å². The Morgan fingerprint density at radius 2 is 2.00 bits per heavy atom. The molecule has 1 fully saturated rings. The number of nitrogens with zero attached hydrogens (tertiary/aromatic N) is 2. The minimum Gasteiger partial charge on any atom is -0.370 e. The van der Waals surface area contributed by atoms with Gasteiger partial charge in [0.25, 0.3) is 0 Å². The van der Waals surface area contributed by atoms with Crippen molar-refractivity contribution in [1.82, 2.24) is 15.5 Å². The van der Waals surface area contributed by atoms with Crippen molar-refractivity contribution in [2.24, 2.45) is 0 Å². The van der Waals surface area contributed by atoms with Crippen LogP contribution in [0, 0.1) is 0 Å². The summed E-state index contributed by atoms with van der Waals surface area (Å²) >= 11 is 0. The van der Waals surface area contributed by atoms with Crippen molar-refractivity contribution >= 4 is 0 Å². The summed E-state index contributed by atoms with van der Waals surface area (Å²) in [4.78, 5) is 4.56. The Labute approximate surface area is 108 Å². The highest BCUT2D eigenvalue weighted by molar-refractivity contribution is 5.06. The van der Waals surface area contributed by atoms with Crippen LogP contribution in [0.2, 0.25) is 0 Å². The van der Waals surface area contributed by atoms with E-state index >= 15 is 0 Å². The fourth-order valence-corrected chi connectivity index (χ4v) is 2.53. The molecule has 1 aliphatic rings. The molecule has 1 saturated carbocycles. The zero-order chi connectivity index (χ0) is 13.2. The Morgan fingerprint density at radius 3 is 2.56 bits per heavy atom. The van der Waals surface area contributed by atoms with E-state index in [4.69, 9.17) is 9.26 Å². The lowest BCUT2D eigenvalue weighted by molar-refractivity contribution is -0.0178. The highest BCUT2D eigenvalue weighted by Crippen LogP contribution is 2.40. The Hall–Kier alpha value is -0.940. The maximum absolute atomic E-state index is 5.66. The van der Waals surface area contributed by atoms with Crippen molar-refractivity contribution < 1.29 is 9.26 Å². The van der Waals surface area contributed by atoms with Crippen molar-refractivity contribution in [3.05, 3.63) is 11.7 Å². The molecule has 1 N–H and O–H groups in total. The topological polar surface area (TPSA) is 60.2 Å². The largest absolute Gasteiger partial charge is 0.370 e. The minimum absolute atomic E-state index is 0.201. The molecule has 102 valence electrons. The molecule has 0 aromatic carbocycles. The molecule has 0 amide bonds. The van der Waals surface area contributed by atoms with Gasteiger partial charge in [0.15, 0.2) is 0 Å². The predicted molar refractivity (Wildman–Crippen MR) is 68.4 cm³/mol. The summed E-state index contributed by atoms with van der Waals surface area (Å²) in [6, 6.07) is 0.306. The van der Waals surface area contributed by atoms with Crippen LogP contribution < -0.4 is 5.32 Å². The molecule has 1 aliphatic carbocycles. The molecule has 18 heavy (non-hydrogen) atoms. The van der Waals surface area contributed by atoms with Crippen LogP contribution in [0.5, 0.6) is 0 Å². The lowest BCUT2D eigenvalue weighted by atomic mass is 10.0. The average Bonchev–Trinajstić information content (AvgIpc) is 3.05. The van der Waals surface area contributed by atoms with Crippen molar-refractivity contribution in [3.8, 4) is 0 Å². The van der Waals surface area contributed by atoms with Gasteiger partial charge in [0.1, 0.15) is 5.60 Å². The van der Waals surface area contributed by atoms with Crippen LogP contribution in [-0.4, -0.2) is 30.3 Å². The van der Waals surface area contributed by atoms with E-state index < -0.39 is 0 Å². The number of rotatable bonds is 5. The van der Waals surface area contributed by atoms with Crippen LogP contribution in [0.25, 0.3) is 0 Å². The van der Waals surface area contributed by atoms with E-state index in [0.29, 0.717) is 17.8 Å². The third kappa shape index (κ3) is 2.29. The van der Waals surface area contributed by atoms with E-state index in [2.05, 4.69) is 29.3 Å². The molecule has 0 spiro atoms. The van der Waals surface area contributed by atoms with Gasteiger partial charge in [-0.15, -0.1) is 0 Å². The fourth-order valence-electron chi connectivity index (χ4n) is 2.53. The van der Waals surface area contributed by atoms with Crippen molar-refractivity contribution in [2.45, 2.75) is 57.1 Å². The van der Waals surface area contributed by atoms with Crippen LogP contribution in [-0.2, 0) is 10.3 Å². The van der Waals surface area contributed by atoms with Gasteiger partial charge < -0.3 is 14.6 Å². The first-order valence-corrected chi connectivity index (χ1v) is 6.69. The van der Waals surface area contributed by atoms with Gasteiger partial charge in [-0.05, 0) is 39.7 Å². The first-order valence-electron chi connectivity index (χ1n) is 6.69. The third-order valence-electron chi connectivity index (χ3n) is 4.25. The van der Waals surface area contributed by atoms with Gasteiger partial charge in [-0.3, -0.25) is 0 Å². The molecular weight excluding hydrogens is 230 g/mol. The van der Waals surface area contributed by atoms with E-state index in [0.717, 1.165) is 12.8 Å². The number of methoxy groups -OCH3 is 1. The maximum Gasteiger partial charge on any atom is 0.231 e. The molecular formula is C13H23N3O2. The average molecular weight is 253 g/mol. The predicted octanol–water partition coefficient (Wildman–Crippen LogP) is 2.20. The fraction of sp³-hybridized carbons (Fsp3) is 0.846. The van der Waals surface area contributed by atoms with Gasteiger partial charge in [-0.2, -0.15) is 4.98 Å². The molecule has 1 aromatic rings. The number of aromatic nitrogens is 2. The number of nitrogens with one attached hydrogen (secondary N) is 1. The molecule has 1 aromatic heterocycles. The van der Waals surface area contributed by atoms with Crippen LogP contribution in [0.15, 0.2) is 4.52 Å². The first kappa shape index (κ1) is 13.5. The maximum atomic E-state index is 5.66. The number of ether oxygens (including phenoxy) is 1. The Balaban J connectivity index is 2.19.